The van der Waals surface area contributed by atoms with Crippen molar-refractivity contribution in [3.05, 3.63) is 21.6 Å². The molecular weight excluding hydrogens is 302 g/mol. The minimum atomic E-state index is -0.108. The Bertz CT molecular complexity index is 638. The topological polar surface area (TPSA) is 73.2 Å². The van der Waals surface area contributed by atoms with Crippen LogP contribution in [0.3, 0.4) is 0 Å². The van der Waals surface area contributed by atoms with E-state index in [0.29, 0.717) is 18.5 Å². The molecule has 1 aromatic rings. The largest absolute Gasteiger partial charge is 0.376 e. The normalized spacial score (nSPS) is 23.5. The van der Waals surface area contributed by atoms with E-state index < -0.39 is 0 Å². The Morgan fingerprint density at radius 3 is 3.05 bits per heavy atom. The van der Waals surface area contributed by atoms with Gasteiger partial charge in [-0.3, -0.25) is 14.2 Å². The monoisotopic (exact) mass is 323 g/mol. The molecule has 1 aromatic heterocycles. The number of carbonyl (C=O) groups excluding carboxylic acids is 1. The average Bonchev–Trinajstić information content (AvgIpc) is 3.13. The maximum Gasteiger partial charge on any atom is 0.257 e. The number of amides is 1. The van der Waals surface area contributed by atoms with Gasteiger partial charge >= 0.3 is 0 Å². The van der Waals surface area contributed by atoms with Crippen molar-refractivity contribution in [3.63, 3.8) is 0 Å². The molecule has 2 unspecified atom stereocenters. The zero-order valence-electron chi connectivity index (χ0n) is 12.9. The summed E-state index contributed by atoms with van der Waals surface area (Å²) in [7, 11) is 0. The van der Waals surface area contributed by atoms with Crippen LogP contribution in [-0.2, 0) is 9.53 Å². The van der Waals surface area contributed by atoms with E-state index in [2.05, 4.69) is 10.3 Å². The van der Waals surface area contributed by atoms with E-state index in [9.17, 15) is 9.59 Å². The number of fused-ring (bicyclic) bond motifs is 1. The molecule has 1 fully saturated rings. The second-order valence-electron chi connectivity index (χ2n) is 5.89. The molecular formula is C15H21N3O3S. The van der Waals surface area contributed by atoms with E-state index in [-0.39, 0.29) is 23.6 Å². The number of hydrogen-bond donors (Lipinski definition) is 1. The molecule has 0 aliphatic carbocycles. The highest BCUT2D eigenvalue weighted by Crippen LogP contribution is 2.32. The third kappa shape index (κ3) is 3.05. The van der Waals surface area contributed by atoms with Crippen molar-refractivity contribution >= 4 is 17.7 Å². The van der Waals surface area contributed by atoms with Crippen molar-refractivity contribution in [2.24, 2.45) is 0 Å². The molecule has 2 aliphatic rings. The molecule has 7 heteroatoms. The number of nitrogens with zero attached hydrogens (tertiary/aromatic N) is 2. The van der Waals surface area contributed by atoms with Crippen LogP contribution in [-0.4, -0.2) is 40.5 Å². The summed E-state index contributed by atoms with van der Waals surface area (Å²) in [5.41, 5.74) is 1.41. The Balaban J connectivity index is 1.64. The van der Waals surface area contributed by atoms with E-state index in [1.54, 1.807) is 23.3 Å². The molecule has 2 atom stereocenters. The van der Waals surface area contributed by atoms with Gasteiger partial charge in [0.05, 0.1) is 12.1 Å². The molecule has 0 spiro atoms. The van der Waals surface area contributed by atoms with Crippen LogP contribution in [0.15, 0.2) is 9.95 Å². The highest BCUT2D eigenvalue weighted by molar-refractivity contribution is 7.99. The van der Waals surface area contributed by atoms with Gasteiger partial charge in [-0.25, -0.2) is 4.98 Å². The smallest absolute Gasteiger partial charge is 0.257 e. The van der Waals surface area contributed by atoms with Gasteiger partial charge in [-0.2, -0.15) is 0 Å². The lowest BCUT2D eigenvalue weighted by molar-refractivity contribution is -0.122. The maximum absolute atomic E-state index is 12.4. The third-order valence-electron chi connectivity index (χ3n) is 4.29. The van der Waals surface area contributed by atoms with Crippen molar-refractivity contribution < 1.29 is 9.53 Å². The Kier molecular flexibility index (Phi) is 4.54. The molecule has 0 radical (unpaired) electrons. The van der Waals surface area contributed by atoms with Crippen LogP contribution in [0.25, 0.3) is 0 Å². The summed E-state index contributed by atoms with van der Waals surface area (Å²) < 4.78 is 7.17. The average molecular weight is 323 g/mol. The van der Waals surface area contributed by atoms with Crippen LogP contribution >= 0.6 is 11.8 Å². The third-order valence-corrected chi connectivity index (χ3v) is 5.39. The van der Waals surface area contributed by atoms with E-state index in [4.69, 9.17) is 4.74 Å². The Hall–Kier alpha value is -1.34. The summed E-state index contributed by atoms with van der Waals surface area (Å²) >= 11 is 1.55. The molecule has 1 N–H and O–H groups in total. The number of hydrogen-bond acceptors (Lipinski definition) is 5. The van der Waals surface area contributed by atoms with Crippen LogP contribution in [0, 0.1) is 13.8 Å². The van der Waals surface area contributed by atoms with Gasteiger partial charge in [-0.1, -0.05) is 11.8 Å². The first-order valence-electron chi connectivity index (χ1n) is 7.67. The zero-order chi connectivity index (χ0) is 15.7. The number of thioether (sulfide) groups is 1. The highest BCUT2D eigenvalue weighted by atomic mass is 32.2. The molecule has 2 aliphatic heterocycles. The predicted octanol–water partition coefficient (Wildman–Crippen LogP) is 1.19. The second-order valence-corrected chi connectivity index (χ2v) is 6.88. The summed E-state index contributed by atoms with van der Waals surface area (Å²) in [4.78, 5) is 29.0. The number of rotatable bonds is 4. The van der Waals surface area contributed by atoms with Crippen LogP contribution < -0.4 is 10.9 Å². The lowest BCUT2D eigenvalue weighted by Crippen LogP contribution is -2.35. The fourth-order valence-electron chi connectivity index (χ4n) is 2.84. The van der Waals surface area contributed by atoms with Crippen molar-refractivity contribution in [1.29, 1.82) is 0 Å². The van der Waals surface area contributed by atoms with Crippen molar-refractivity contribution in [2.75, 3.05) is 18.9 Å². The van der Waals surface area contributed by atoms with Crippen LogP contribution in [0.4, 0.5) is 0 Å². The Morgan fingerprint density at radius 1 is 1.50 bits per heavy atom. The first-order chi connectivity index (χ1) is 10.6. The van der Waals surface area contributed by atoms with Crippen molar-refractivity contribution in [2.45, 2.75) is 50.4 Å². The molecule has 3 heterocycles. The molecule has 120 valence electrons. The van der Waals surface area contributed by atoms with Gasteiger partial charge in [0.25, 0.3) is 5.56 Å². The molecule has 0 bridgehead atoms. The fourth-order valence-corrected chi connectivity index (χ4v) is 4.02. The summed E-state index contributed by atoms with van der Waals surface area (Å²) in [6.45, 7) is 4.98. The summed E-state index contributed by atoms with van der Waals surface area (Å²) in [6, 6.07) is -0.108. The van der Waals surface area contributed by atoms with Crippen LogP contribution in [0.2, 0.25) is 0 Å². The van der Waals surface area contributed by atoms with E-state index in [0.717, 1.165) is 36.1 Å². The molecule has 1 amide bonds. The van der Waals surface area contributed by atoms with Gasteiger partial charge < -0.3 is 10.1 Å². The minimum absolute atomic E-state index is 0.0237. The first-order valence-corrected chi connectivity index (χ1v) is 8.65. The summed E-state index contributed by atoms with van der Waals surface area (Å²) in [5, 5.41) is 3.65. The van der Waals surface area contributed by atoms with Gasteiger partial charge in [-0.15, -0.1) is 0 Å². The molecule has 0 saturated carbocycles. The number of aryl methyl sites for hydroxylation is 1. The molecule has 0 aromatic carbocycles. The summed E-state index contributed by atoms with van der Waals surface area (Å²) in [6.07, 6.45) is 2.52. The van der Waals surface area contributed by atoms with E-state index in [1.807, 2.05) is 6.92 Å². The highest BCUT2D eigenvalue weighted by Gasteiger charge is 2.28. The zero-order valence-corrected chi connectivity index (χ0v) is 13.7. The summed E-state index contributed by atoms with van der Waals surface area (Å²) in [5.74, 6) is 0.692. The SMILES string of the molecule is Cc1nc2n(c(=O)c1C)C(CC(=O)NCC1CCCO1)CS2. The number of ether oxygens (including phenoxy) is 1. The van der Waals surface area contributed by atoms with Crippen LogP contribution in [0.1, 0.15) is 36.6 Å². The van der Waals surface area contributed by atoms with E-state index in [1.165, 1.54) is 0 Å². The lowest BCUT2D eigenvalue weighted by Gasteiger charge is -2.15. The van der Waals surface area contributed by atoms with Crippen molar-refractivity contribution in [3.8, 4) is 0 Å². The second kappa shape index (κ2) is 6.42. The Labute approximate surface area is 133 Å². The molecule has 1 saturated heterocycles. The van der Waals surface area contributed by atoms with Gasteiger partial charge in [0, 0.05) is 36.6 Å². The predicted molar refractivity (Wildman–Crippen MR) is 84.3 cm³/mol. The number of aromatic nitrogens is 2. The quantitative estimate of drug-likeness (QED) is 0.843. The van der Waals surface area contributed by atoms with Gasteiger partial charge in [0.1, 0.15) is 0 Å². The molecule has 3 rings (SSSR count). The lowest BCUT2D eigenvalue weighted by atomic mass is 10.2. The Morgan fingerprint density at radius 2 is 2.32 bits per heavy atom. The standard InChI is InChI=1S/C15H21N3O3S/c1-9-10(2)17-15-18(14(9)20)11(8-22-15)6-13(19)16-7-12-4-3-5-21-12/h11-12H,3-8H2,1-2H3,(H,16,19). The van der Waals surface area contributed by atoms with Gasteiger partial charge in [-0.05, 0) is 26.7 Å². The van der Waals surface area contributed by atoms with E-state index >= 15 is 0 Å². The van der Waals surface area contributed by atoms with Crippen molar-refractivity contribution in [1.82, 2.24) is 14.9 Å². The van der Waals surface area contributed by atoms with Crippen LogP contribution in [0.5, 0.6) is 0 Å². The van der Waals surface area contributed by atoms with Gasteiger partial charge in [0.15, 0.2) is 5.16 Å². The maximum atomic E-state index is 12.4. The van der Waals surface area contributed by atoms with Gasteiger partial charge in [0.2, 0.25) is 5.91 Å². The molecule has 6 nitrogen and oxygen atoms in total. The molecule has 22 heavy (non-hydrogen) atoms. The fraction of sp³-hybridized carbons (Fsp3) is 0.667. The number of carbonyl (C=O) groups is 1. The number of nitrogens with one attached hydrogen (secondary N) is 1. The minimum Gasteiger partial charge on any atom is -0.376 e. The first kappa shape index (κ1) is 15.6.